The van der Waals surface area contributed by atoms with Gasteiger partial charge in [0.25, 0.3) is 6.47 Å². The van der Waals surface area contributed by atoms with E-state index in [0.717, 1.165) is 51.5 Å². The smallest absolute Gasteiger partial charge is 0.790 e. The second-order valence-electron chi connectivity index (χ2n) is 11.9. The van der Waals surface area contributed by atoms with Crippen LogP contribution in [0.4, 0.5) is 0 Å². The van der Waals surface area contributed by atoms with Gasteiger partial charge in [-0.1, -0.05) is 142 Å². The van der Waals surface area contributed by atoms with Crippen molar-refractivity contribution in [1.29, 1.82) is 0 Å². The molecule has 0 aliphatic heterocycles. The Hall–Kier alpha value is 1.01. The number of nitrogens with one attached hydrogen (secondary N) is 1. The van der Waals surface area contributed by atoms with Gasteiger partial charge in [-0.2, -0.15) is 0 Å². The van der Waals surface area contributed by atoms with Gasteiger partial charge in [0, 0.05) is 13.0 Å². The topological polar surface area (TPSA) is 137 Å². The molecule has 0 fully saturated rings. The zero-order valence-electron chi connectivity index (χ0n) is 29.4. The number of rotatable bonds is 35. The third-order valence-corrected chi connectivity index (χ3v) is 8.22. The molecule has 0 saturated carbocycles. The van der Waals surface area contributed by atoms with Crippen LogP contribution in [0.5, 0.6) is 0 Å². The van der Waals surface area contributed by atoms with Gasteiger partial charge in [-0.3, -0.25) is 9.59 Å². The summed E-state index contributed by atoms with van der Waals surface area (Å²) in [4.78, 5) is 44.2. The van der Waals surface area contributed by atoms with Gasteiger partial charge in [0.05, 0.1) is 21.0 Å². The van der Waals surface area contributed by atoms with Crippen molar-refractivity contribution in [1.82, 2.24) is 5.32 Å². The van der Waals surface area contributed by atoms with Crippen LogP contribution in [0.25, 0.3) is 0 Å². The van der Waals surface area contributed by atoms with Crippen molar-refractivity contribution >= 4 is 20.3 Å². The molecule has 0 aromatic carbocycles. The molecule has 0 bridgehead atoms. The van der Waals surface area contributed by atoms with Gasteiger partial charge in [-0.05, 0) is 25.8 Å². The largest absolute Gasteiger partial charge is 1.00 e. The number of phosphoric ester groups is 1. The van der Waals surface area contributed by atoms with Crippen molar-refractivity contribution in [2.75, 3.05) is 26.3 Å². The molecule has 0 aromatic rings. The second-order valence-corrected chi connectivity index (χ2v) is 13.1. The van der Waals surface area contributed by atoms with Crippen LogP contribution in [0.2, 0.25) is 0 Å². The normalized spacial score (nSPS) is 11.8. The predicted molar refractivity (Wildman–Crippen MR) is 169 cm³/mol. The molecule has 0 rings (SSSR count). The minimum absolute atomic E-state index is 0. The standard InChI is InChI=1S/C33H66NO8P.2Na/c1-2-3-4-5-6-7-11-14-17-20-23-26-33(36)42-32(30-41-43(37,38)39)29-34-27-24-21-18-15-12-9-8-10-13-16-19-22-25-28-40-31-35;;/h31-32,34H,2-30H2,1H3,(H2,37,38,39);;/q;2*+1/p-2/t32-;;/m0../s1. The third-order valence-electron chi connectivity index (χ3n) is 7.76. The van der Waals surface area contributed by atoms with Crippen LogP contribution < -0.4 is 74.2 Å². The molecular formula is C33H64NNa2O8P. The summed E-state index contributed by atoms with van der Waals surface area (Å²) in [6, 6.07) is 0. The SMILES string of the molecule is CCCCCCCCCCCCCC(=O)O[C@@H](CNCCCCCCCCCCCCCCCOC=O)COP(=O)([O-])[O-].[Na+].[Na+]. The first-order valence-electron chi connectivity index (χ1n) is 17.5. The summed E-state index contributed by atoms with van der Waals surface area (Å²) in [5.74, 6) is -0.376. The summed E-state index contributed by atoms with van der Waals surface area (Å²) < 4.78 is 25.4. The van der Waals surface area contributed by atoms with Crippen LogP contribution in [-0.4, -0.2) is 44.8 Å². The molecule has 1 N–H and O–H groups in total. The number of carbonyl (C=O) groups excluding carboxylic acids is 2. The van der Waals surface area contributed by atoms with Crippen molar-refractivity contribution in [2.45, 2.75) is 174 Å². The maximum atomic E-state index is 12.3. The fourth-order valence-corrected chi connectivity index (χ4v) is 5.53. The fraction of sp³-hybridized carbons (Fsp3) is 0.939. The van der Waals surface area contributed by atoms with E-state index < -0.39 is 20.5 Å². The molecule has 256 valence electrons. The third kappa shape index (κ3) is 43.0. The molecule has 1 atom stereocenters. The van der Waals surface area contributed by atoms with E-state index in [-0.39, 0.29) is 71.6 Å². The van der Waals surface area contributed by atoms with Crippen LogP contribution >= 0.6 is 7.82 Å². The average molecular weight is 680 g/mol. The molecule has 0 aliphatic rings. The van der Waals surface area contributed by atoms with E-state index in [4.69, 9.17) is 9.47 Å². The van der Waals surface area contributed by atoms with Crippen LogP contribution in [0.1, 0.15) is 167 Å². The molecule has 0 spiro atoms. The van der Waals surface area contributed by atoms with Crippen molar-refractivity contribution in [3.63, 3.8) is 0 Å². The molecule has 12 heteroatoms. The molecule has 9 nitrogen and oxygen atoms in total. The number of esters is 1. The fourth-order valence-electron chi connectivity index (χ4n) is 5.18. The van der Waals surface area contributed by atoms with Gasteiger partial charge in [0.2, 0.25) is 0 Å². The van der Waals surface area contributed by atoms with E-state index >= 15 is 0 Å². The summed E-state index contributed by atoms with van der Waals surface area (Å²) in [7, 11) is -5.12. The monoisotopic (exact) mass is 679 g/mol. The predicted octanol–water partition coefficient (Wildman–Crippen LogP) is 1.29. The number of phosphoric acid groups is 1. The second kappa shape index (κ2) is 39.4. The number of carbonyl (C=O) groups is 2. The Morgan fingerprint density at radius 2 is 1.11 bits per heavy atom. The van der Waals surface area contributed by atoms with Gasteiger partial charge in [-0.15, -0.1) is 0 Å². The first-order valence-corrected chi connectivity index (χ1v) is 19.0. The Morgan fingerprint density at radius 3 is 1.56 bits per heavy atom. The minimum atomic E-state index is -5.12. The average Bonchev–Trinajstić information content (AvgIpc) is 2.97. The zero-order valence-corrected chi connectivity index (χ0v) is 34.3. The van der Waals surface area contributed by atoms with Crippen molar-refractivity contribution < 1.29 is 97.1 Å². The minimum Gasteiger partial charge on any atom is -0.790 e. The maximum absolute atomic E-state index is 12.3. The van der Waals surface area contributed by atoms with E-state index in [1.165, 1.54) is 109 Å². The van der Waals surface area contributed by atoms with Crippen molar-refractivity contribution in [3.05, 3.63) is 0 Å². The first-order chi connectivity index (χ1) is 20.9. The Morgan fingerprint density at radius 1 is 0.689 bits per heavy atom. The number of ether oxygens (including phenoxy) is 2. The summed E-state index contributed by atoms with van der Waals surface area (Å²) in [6.07, 6.45) is 28.1. The zero-order chi connectivity index (χ0) is 31.7. The summed E-state index contributed by atoms with van der Waals surface area (Å²) in [5.41, 5.74) is 0. The van der Waals surface area contributed by atoms with Crippen molar-refractivity contribution in [2.24, 2.45) is 0 Å². The van der Waals surface area contributed by atoms with Gasteiger partial charge in [0.15, 0.2) is 0 Å². The molecule has 0 aromatic heterocycles. The maximum Gasteiger partial charge on any atom is 1.00 e. The van der Waals surface area contributed by atoms with Gasteiger partial charge < -0.3 is 33.7 Å². The van der Waals surface area contributed by atoms with E-state index in [1.807, 2.05) is 0 Å². The van der Waals surface area contributed by atoms with Crippen LogP contribution in [0, 0.1) is 0 Å². The number of unbranched alkanes of at least 4 members (excludes halogenated alkanes) is 22. The van der Waals surface area contributed by atoms with Crippen LogP contribution in [-0.2, 0) is 28.2 Å². The summed E-state index contributed by atoms with van der Waals surface area (Å²) >= 11 is 0. The molecule has 0 unspecified atom stereocenters. The Kier molecular flexibility index (Phi) is 44.2. The Bertz CT molecular complexity index is 673. The quantitative estimate of drug-likeness (QED) is 0.0346. The summed E-state index contributed by atoms with van der Waals surface area (Å²) in [6.45, 7) is 3.84. The number of hydrogen-bond acceptors (Lipinski definition) is 9. The van der Waals surface area contributed by atoms with E-state index in [1.54, 1.807) is 0 Å². The molecular weight excluding hydrogens is 615 g/mol. The molecule has 0 radical (unpaired) electrons. The Balaban J connectivity index is -0.00000882. The van der Waals surface area contributed by atoms with Crippen LogP contribution in [0.3, 0.4) is 0 Å². The summed E-state index contributed by atoms with van der Waals surface area (Å²) in [5, 5.41) is 3.22. The molecule has 0 heterocycles. The molecule has 0 aliphatic carbocycles. The molecule has 45 heavy (non-hydrogen) atoms. The van der Waals surface area contributed by atoms with Gasteiger partial charge in [-0.25, -0.2) is 0 Å². The van der Waals surface area contributed by atoms with E-state index in [9.17, 15) is 23.9 Å². The van der Waals surface area contributed by atoms with Crippen LogP contribution in [0.15, 0.2) is 0 Å². The van der Waals surface area contributed by atoms with E-state index in [0.29, 0.717) is 19.5 Å². The molecule has 0 amide bonds. The van der Waals surface area contributed by atoms with Crippen molar-refractivity contribution in [3.8, 4) is 0 Å². The van der Waals surface area contributed by atoms with E-state index in [2.05, 4.69) is 16.8 Å². The van der Waals surface area contributed by atoms with Gasteiger partial charge in [0.1, 0.15) is 6.10 Å². The van der Waals surface area contributed by atoms with Gasteiger partial charge >= 0.3 is 65.1 Å². The number of hydrogen-bond donors (Lipinski definition) is 1. The Labute approximate surface area is 320 Å². The first kappa shape index (κ1) is 50.4. The molecule has 0 saturated heterocycles.